The Hall–Kier alpha value is -7.24. The lowest BCUT2D eigenvalue weighted by Gasteiger charge is -2.17. The van der Waals surface area contributed by atoms with Gasteiger partial charge in [0.1, 0.15) is 35.4 Å². The van der Waals surface area contributed by atoms with Gasteiger partial charge in [-0.3, -0.25) is 29.1 Å². The van der Waals surface area contributed by atoms with E-state index in [2.05, 4.69) is 20.8 Å². The van der Waals surface area contributed by atoms with Crippen LogP contribution in [0.5, 0.6) is 40.2 Å². The van der Waals surface area contributed by atoms with E-state index in [9.17, 15) is 51.4 Å². The van der Waals surface area contributed by atoms with Gasteiger partial charge in [-0.25, -0.2) is 27.2 Å². The van der Waals surface area contributed by atoms with Gasteiger partial charge in [-0.05, 0) is 91.2 Å². The van der Waals surface area contributed by atoms with Gasteiger partial charge in [-0.15, -0.1) is 0 Å². The molecule has 0 spiro atoms. The quantitative estimate of drug-likeness (QED) is 0.0568. The van der Waals surface area contributed by atoms with Gasteiger partial charge in [0.2, 0.25) is 0 Å². The number of H-pyrrole nitrogens is 2. The number of nitrogens with zero attached hydrogens (tertiary/aromatic N) is 4. The van der Waals surface area contributed by atoms with Gasteiger partial charge in [0.15, 0.2) is 22.9 Å². The third kappa shape index (κ3) is 15.4. The molecule has 0 unspecified atom stereocenters. The zero-order valence-electron chi connectivity index (χ0n) is 41.5. The highest BCUT2D eigenvalue weighted by Crippen LogP contribution is 2.41. The Balaban J connectivity index is 0.000000261. The second-order valence-corrected chi connectivity index (χ2v) is 18.6. The van der Waals surface area contributed by atoms with Crippen molar-refractivity contribution in [2.75, 3.05) is 33.5 Å². The van der Waals surface area contributed by atoms with Crippen LogP contribution in [0.1, 0.15) is 63.4 Å². The number of carbonyl (C=O) groups excluding carboxylic acids is 2. The number of hydrogen-bond donors (Lipinski definition) is 5. The summed E-state index contributed by atoms with van der Waals surface area (Å²) in [4.78, 5) is 76.9. The van der Waals surface area contributed by atoms with Crippen molar-refractivity contribution in [3.8, 4) is 51.6 Å². The molecular weight excluding hydrogens is 1200 g/mol. The van der Waals surface area contributed by atoms with Crippen molar-refractivity contribution in [3.05, 3.63) is 175 Å². The largest absolute Gasteiger partial charge is 0.507 e. The molecule has 21 nitrogen and oxygen atoms in total. The molecule has 81 heavy (non-hydrogen) atoms. The van der Waals surface area contributed by atoms with E-state index >= 15 is 0 Å². The van der Waals surface area contributed by atoms with Crippen LogP contribution in [0.3, 0.4) is 0 Å². The van der Waals surface area contributed by atoms with Gasteiger partial charge < -0.3 is 44.2 Å². The number of amides is 2. The monoisotopic (exact) mass is 1240 g/mol. The fourth-order valence-electron chi connectivity index (χ4n) is 7.57. The van der Waals surface area contributed by atoms with Crippen LogP contribution in [0.4, 0.5) is 17.6 Å². The van der Waals surface area contributed by atoms with Crippen LogP contribution >= 0.6 is 73.4 Å². The van der Waals surface area contributed by atoms with Crippen molar-refractivity contribution < 1.29 is 60.7 Å². The van der Waals surface area contributed by atoms with E-state index in [1.807, 2.05) is 12.1 Å². The molecule has 2 saturated heterocycles. The van der Waals surface area contributed by atoms with Gasteiger partial charge in [-0.1, -0.05) is 58.5 Å². The van der Waals surface area contributed by atoms with Crippen molar-refractivity contribution >= 4 is 85.2 Å². The number of aromatic hydroxyl groups is 1. The lowest BCUT2D eigenvalue weighted by molar-refractivity contribution is 0.0917. The van der Waals surface area contributed by atoms with Crippen molar-refractivity contribution in [3.63, 3.8) is 0 Å². The number of aromatic amines is 2. The molecule has 7 aromatic rings. The molecule has 9 rings (SSSR count). The number of benzene rings is 5. The minimum absolute atomic E-state index is 0. The van der Waals surface area contributed by atoms with Gasteiger partial charge in [0.25, 0.3) is 35.8 Å². The molecule has 2 atom stereocenters. The fraction of sp³-hybridized carbons (Fsp3) is 0.240. The summed E-state index contributed by atoms with van der Waals surface area (Å²) in [5.74, 6) is -0.0987. The highest BCUT2D eigenvalue weighted by molar-refractivity contribution is 7.59. The zero-order chi connectivity index (χ0) is 56.7. The van der Waals surface area contributed by atoms with Crippen molar-refractivity contribution in [2.24, 2.45) is 0 Å². The third-order valence-corrected chi connectivity index (χ3v) is 12.6. The number of methoxy groups -OCH3 is 1. The molecule has 31 heteroatoms. The smallest absolute Gasteiger partial charge is 0.349 e. The van der Waals surface area contributed by atoms with E-state index in [0.29, 0.717) is 54.4 Å². The number of carbonyl (C=O) groups is 2. The van der Waals surface area contributed by atoms with E-state index in [4.69, 9.17) is 74.8 Å². The van der Waals surface area contributed by atoms with E-state index in [-0.39, 0.29) is 123 Å². The Morgan fingerprint density at radius 3 is 1.49 bits per heavy atom. The first-order chi connectivity index (χ1) is 37.8. The normalized spacial score (nSPS) is 14.5. The van der Waals surface area contributed by atoms with Gasteiger partial charge in [0.05, 0.1) is 75.0 Å². The van der Waals surface area contributed by atoms with Gasteiger partial charge >= 0.3 is 11.4 Å². The summed E-state index contributed by atoms with van der Waals surface area (Å²) in [5.41, 5.74) is -6.33. The van der Waals surface area contributed by atoms with Crippen LogP contribution in [0.2, 0.25) is 20.1 Å². The molecule has 0 radical (unpaired) electrons. The van der Waals surface area contributed by atoms with Crippen LogP contribution < -0.4 is 52.1 Å². The number of ether oxygens (including phenoxy) is 6. The average molecular weight is 1250 g/mol. The zero-order valence-corrected chi connectivity index (χ0v) is 46.5. The highest BCUT2D eigenvalue weighted by Gasteiger charge is 2.26. The number of hydrogen-bond acceptors (Lipinski definition) is 15. The van der Waals surface area contributed by atoms with E-state index in [1.165, 1.54) is 48.5 Å². The maximum atomic E-state index is 13.3. The van der Waals surface area contributed by atoms with Crippen LogP contribution in [0.15, 0.2) is 104 Å². The van der Waals surface area contributed by atoms with Crippen LogP contribution in [-0.4, -0.2) is 92.1 Å². The van der Waals surface area contributed by atoms with Gasteiger partial charge in [0, 0.05) is 13.2 Å². The third-order valence-electron chi connectivity index (χ3n) is 11.5. The molecule has 2 aliphatic rings. The highest BCUT2D eigenvalue weighted by atomic mass is 35.5. The van der Waals surface area contributed by atoms with Crippen molar-refractivity contribution in [1.82, 2.24) is 40.2 Å². The molecule has 430 valence electrons. The predicted molar refractivity (Wildman–Crippen MR) is 297 cm³/mol. The predicted octanol–water partition coefficient (Wildman–Crippen LogP) is 8.47. The summed E-state index contributed by atoms with van der Waals surface area (Å²) in [6.45, 7) is 1.98. The average Bonchev–Trinajstić information content (AvgIpc) is 4.14. The maximum Gasteiger partial charge on any atom is 0.349 e. The first kappa shape index (κ1) is 62.9. The Morgan fingerprint density at radius 1 is 0.654 bits per heavy atom. The van der Waals surface area contributed by atoms with Crippen LogP contribution in [0, 0.1) is 0 Å². The summed E-state index contributed by atoms with van der Waals surface area (Å²) < 4.78 is 86.9. The second-order valence-electron chi connectivity index (χ2n) is 16.9. The topological polar surface area (TPSA) is 269 Å². The molecular formula is C50H44Cl4F4N8O13S2. The van der Waals surface area contributed by atoms with Crippen molar-refractivity contribution in [1.29, 1.82) is 0 Å². The maximum absolute atomic E-state index is 13.3. The number of aromatic nitrogens is 6. The SMILES string of the molecule is COc1ccc(COc2ccc(Oc3c(Cl)cc(-n4nc(C(F)F)c(=O)[nH]c4=O)cc3Cl)cc2C(=O)N[C@H]2CCOC2)cc1.O=C(N[C@H]1CCOC1)c1cc(Oc2c(Cl)cc(-n3nc(C(F)F)c(=O)[nH]c3=O)cc2Cl)ccc1O.S.S. The van der Waals surface area contributed by atoms with Crippen LogP contribution in [-0.2, 0) is 16.1 Å². The van der Waals surface area contributed by atoms with E-state index < -0.39 is 58.6 Å². The Morgan fingerprint density at radius 2 is 1.07 bits per heavy atom. The molecule has 0 aliphatic carbocycles. The standard InChI is InChI=1S/C29H24Cl2F2N4O7.C21H16Cl2F2N4O6.2H2S/c1-41-18-4-2-15(3-5-18)13-43-23-7-6-19(12-20(23)27(38)34-16-8-9-42-14-16)44-25-21(30)10-17(11-22(25)31)37-29(40)35-28(39)24(36-37)26(32)33;22-13-5-10(29-21(33)27-20(32)16(28-29)18(24)25)6-14(23)17(13)35-11-1-2-15(30)12(7-11)19(31)26-9-3-4-34-8-9;;/h2-7,10-12,16,26H,8-9,13-14H2,1H3,(H,34,38)(H,35,39,40);1-2,5-7,9,18,30H,3-4,8H2,(H,26,31)(H,27,32,33);2*1H2/t16-;9-;;/m00../s1. The number of phenolic OH excluding ortho intramolecular Hbond substituents is 1. The second kappa shape index (κ2) is 28.0. The molecule has 0 bridgehead atoms. The molecule has 4 heterocycles. The Bertz CT molecular complexity index is 3640. The summed E-state index contributed by atoms with van der Waals surface area (Å²) in [7, 11) is 1.57. The van der Waals surface area contributed by atoms with Crippen LogP contribution in [0.25, 0.3) is 11.4 Å². The number of rotatable bonds is 16. The Labute approximate surface area is 487 Å². The molecule has 2 amide bonds. The molecule has 0 saturated carbocycles. The number of halogens is 8. The number of phenols is 1. The summed E-state index contributed by atoms with van der Waals surface area (Å²) in [6.07, 6.45) is -5.14. The molecule has 5 N–H and O–H groups in total. The lowest BCUT2D eigenvalue weighted by Crippen LogP contribution is -2.35. The summed E-state index contributed by atoms with van der Waals surface area (Å²) in [5, 5.41) is 22.1. The fourth-order valence-corrected chi connectivity index (χ4v) is 8.68. The van der Waals surface area contributed by atoms with E-state index in [0.717, 1.165) is 5.56 Å². The Kier molecular flexibility index (Phi) is 21.7. The first-order valence-electron chi connectivity index (χ1n) is 23.1. The molecule has 2 aromatic heterocycles. The van der Waals surface area contributed by atoms with Gasteiger partial charge in [-0.2, -0.15) is 46.6 Å². The molecule has 2 fully saturated rings. The lowest BCUT2D eigenvalue weighted by atomic mass is 10.1. The summed E-state index contributed by atoms with van der Waals surface area (Å²) in [6, 6.07) is 20.1. The minimum Gasteiger partial charge on any atom is -0.507 e. The number of nitrogens with one attached hydrogen (secondary N) is 4. The van der Waals surface area contributed by atoms with E-state index in [1.54, 1.807) is 41.3 Å². The molecule has 5 aromatic carbocycles. The number of alkyl halides is 4. The molecule has 2 aliphatic heterocycles. The van der Waals surface area contributed by atoms with Crippen molar-refractivity contribution in [2.45, 2.75) is 44.4 Å². The summed E-state index contributed by atoms with van der Waals surface area (Å²) >= 11 is 25.3. The first-order valence-corrected chi connectivity index (χ1v) is 24.7. The minimum atomic E-state index is -3.23.